The molecule has 0 aliphatic heterocycles. The number of alkyl halides is 3. The van der Waals surface area contributed by atoms with Gasteiger partial charge < -0.3 is 15.7 Å². The SMILES string of the molecule is O=C(NCCNc1ccc(C(F)(F)F)cc1[N+](=O)[O-])c1ccc(O)c(Cl)c1. The molecule has 0 aliphatic rings. The summed E-state index contributed by atoms with van der Waals surface area (Å²) >= 11 is 5.70. The van der Waals surface area contributed by atoms with E-state index in [1.807, 2.05) is 0 Å². The first-order chi connectivity index (χ1) is 12.6. The Morgan fingerprint density at radius 1 is 1.19 bits per heavy atom. The minimum atomic E-state index is -4.69. The molecule has 27 heavy (non-hydrogen) atoms. The molecular formula is C16H13ClF3N3O4. The second kappa shape index (κ2) is 8.12. The van der Waals surface area contributed by atoms with E-state index >= 15 is 0 Å². The van der Waals surface area contributed by atoms with E-state index in [0.29, 0.717) is 6.07 Å². The molecule has 0 saturated carbocycles. The maximum Gasteiger partial charge on any atom is 0.416 e. The number of hydrogen-bond donors (Lipinski definition) is 3. The molecule has 0 unspecified atom stereocenters. The van der Waals surface area contributed by atoms with E-state index in [1.165, 1.54) is 18.2 Å². The Labute approximate surface area is 155 Å². The van der Waals surface area contributed by atoms with Gasteiger partial charge in [0.1, 0.15) is 11.4 Å². The molecule has 11 heteroatoms. The number of amides is 1. The van der Waals surface area contributed by atoms with Gasteiger partial charge in [-0.2, -0.15) is 13.2 Å². The minimum Gasteiger partial charge on any atom is -0.506 e. The fourth-order valence-corrected chi connectivity index (χ4v) is 2.31. The van der Waals surface area contributed by atoms with Crippen LogP contribution in [0.3, 0.4) is 0 Å². The standard InChI is InChI=1S/C16H13ClF3N3O4/c17-11-7-9(1-4-14(11)24)15(25)22-6-5-21-12-3-2-10(16(18,19)20)8-13(12)23(26)27/h1-4,7-8,21,24H,5-6H2,(H,22,25). The van der Waals surface area contributed by atoms with Crippen molar-refractivity contribution in [1.29, 1.82) is 0 Å². The van der Waals surface area contributed by atoms with Crippen molar-refractivity contribution in [2.45, 2.75) is 6.18 Å². The van der Waals surface area contributed by atoms with Crippen molar-refractivity contribution in [2.75, 3.05) is 18.4 Å². The van der Waals surface area contributed by atoms with Crippen molar-refractivity contribution in [3.8, 4) is 5.75 Å². The zero-order valence-corrected chi connectivity index (χ0v) is 14.3. The topological polar surface area (TPSA) is 104 Å². The van der Waals surface area contributed by atoms with E-state index in [9.17, 15) is 33.2 Å². The number of anilines is 1. The predicted octanol–water partition coefficient (Wildman–Crippen LogP) is 3.81. The van der Waals surface area contributed by atoms with Crippen LogP contribution in [0.5, 0.6) is 5.75 Å². The highest BCUT2D eigenvalue weighted by Crippen LogP contribution is 2.34. The molecule has 0 radical (unpaired) electrons. The van der Waals surface area contributed by atoms with Gasteiger partial charge in [-0.25, -0.2) is 0 Å². The molecule has 0 bridgehead atoms. The molecular weight excluding hydrogens is 391 g/mol. The number of halogens is 4. The van der Waals surface area contributed by atoms with Crippen molar-refractivity contribution < 1.29 is 28.0 Å². The summed E-state index contributed by atoms with van der Waals surface area (Å²) in [6.07, 6.45) is -4.69. The van der Waals surface area contributed by atoms with Crippen molar-refractivity contribution in [1.82, 2.24) is 5.32 Å². The van der Waals surface area contributed by atoms with Gasteiger partial charge in [0.2, 0.25) is 0 Å². The molecule has 0 aliphatic carbocycles. The van der Waals surface area contributed by atoms with Crippen LogP contribution in [0.25, 0.3) is 0 Å². The molecule has 7 nitrogen and oxygen atoms in total. The van der Waals surface area contributed by atoms with Gasteiger partial charge in [-0.15, -0.1) is 0 Å². The molecule has 3 N–H and O–H groups in total. The van der Waals surface area contributed by atoms with Gasteiger partial charge in [0.25, 0.3) is 11.6 Å². The highest BCUT2D eigenvalue weighted by molar-refractivity contribution is 6.32. The van der Waals surface area contributed by atoms with Gasteiger partial charge in [0, 0.05) is 24.7 Å². The van der Waals surface area contributed by atoms with Gasteiger partial charge in [-0.1, -0.05) is 11.6 Å². The van der Waals surface area contributed by atoms with Crippen LogP contribution in [0.2, 0.25) is 5.02 Å². The summed E-state index contributed by atoms with van der Waals surface area (Å²) in [5.74, 6) is -0.676. The van der Waals surface area contributed by atoms with E-state index in [-0.39, 0.29) is 35.1 Å². The van der Waals surface area contributed by atoms with Crippen LogP contribution >= 0.6 is 11.6 Å². The number of rotatable bonds is 6. The normalized spacial score (nSPS) is 11.1. The summed E-state index contributed by atoms with van der Waals surface area (Å²) in [6.45, 7) is 0.0687. The van der Waals surface area contributed by atoms with E-state index in [0.717, 1.165) is 12.1 Å². The van der Waals surface area contributed by atoms with Crippen LogP contribution in [0.1, 0.15) is 15.9 Å². The van der Waals surface area contributed by atoms with Crippen LogP contribution in [0, 0.1) is 10.1 Å². The highest BCUT2D eigenvalue weighted by atomic mass is 35.5. The summed E-state index contributed by atoms with van der Waals surface area (Å²) in [7, 11) is 0. The van der Waals surface area contributed by atoms with Crippen LogP contribution in [-0.2, 0) is 6.18 Å². The van der Waals surface area contributed by atoms with E-state index in [2.05, 4.69) is 10.6 Å². The number of nitro benzene ring substituents is 1. The molecule has 0 heterocycles. The Balaban J connectivity index is 1.97. The Hall–Kier alpha value is -3.01. The number of nitro groups is 1. The lowest BCUT2D eigenvalue weighted by atomic mass is 10.1. The van der Waals surface area contributed by atoms with Gasteiger partial charge in [0.15, 0.2) is 0 Å². The third-order valence-corrected chi connectivity index (χ3v) is 3.76. The number of phenolic OH excluding ortho intramolecular Hbond substituents is 1. The molecule has 144 valence electrons. The molecule has 0 spiro atoms. The lowest BCUT2D eigenvalue weighted by molar-refractivity contribution is -0.384. The number of hydrogen-bond acceptors (Lipinski definition) is 5. The van der Waals surface area contributed by atoms with Crippen molar-refractivity contribution in [3.63, 3.8) is 0 Å². The lowest BCUT2D eigenvalue weighted by Gasteiger charge is -2.11. The first-order valence-electron chi connectivity index (χ1n) is 7.46. The van der Waals surface area contributed by atoms with Gasteiger partial charge in [-0.05, 0) is 30.3 Å². The third-order valence-electron chi connectivity index (χ3n) is 3.46. The highest BCUT2D eigenvalue weighted by Gasteiger charge is 2.33. The first-order valence-corrected chi connectivity index (χ1v) is 7.83. The number of benzene rings is 2. The van der Waals surface area contributed by atoms with Crippen LogP contribution in [0.15, 0.2) is 36.4 Å². The monoisotopic (exact) mass is 403 g/mol. The molecule has 0 fully saturated rings. The number of phenols is 1. The number of nitrogens with one attached hydrogen (secondary N) is 2. The van der Waals surface area contributed by atoms with Crippen molar-refractivity contribution in [2.24, 2.45) is 0 Å². The van der Waals surface area contributed by atoms with Crippen LogP contribution in [-0.4, -0.2) is 29.0 Å². The number of carbonyl (C=O) groups excluding carboxylic acids is 1. The second-order valence-electron chi connectivity index (χ2n) is 5.34. The summed E-state index contributed by atoms with van der Waals surface area (Å²) in [5.41, 5.74) is -1.76. The summed E-state index contributed by atoms with van der Waals surface area (Å²) in [6, 6.07) is 6.00. The fourth-order valence-electron chi connectivity index (χ4n) is 2.13. The number of aromatic hydroxyl groups is 1. The fraction of sp³-hybridized carbons (Fsp3) is 0.188. The van der Waals surface area contributed by atoms with Crippen LogP contribution < -0.4 is 10.6 Å². The molecule has 2 rings (SSSR count). The Bertz CT molecular complexity index is 874. The molecule has 2 aromatic rings. The summed E-state index contributed by atoms with van der Waals surface area (Å²) < 4.78 is 38.0. The average molecular weight is 404 g/mol. The smallest absolute Gasteiger partial charge is 0.416 e. The Morgan fingerprint density at radius 2 is 1.89 bits per heavy atom. The van der Waals surface area contributed by atoms with Gasteiger partial charge >= 0.3 is 6.18 Å². The minimum absolute atomic E-state index is 0.00107. The number of nitrogens with zero attached hydrogens (tertiary/aromatic N) is 1. The molecule has 0 atom stereocenters. The molecule has 0 aromatic heterocycles. The quantitative estimate of drug-likeness (QED) is 0.386. The number of carbonyl (C=O) groups is 1. The van der Waals surface area contributed by atoms with Crippen molar-refractivity contribution in [3.05, 3.63) is 62.7 Å². The van der Waals surface area contributed by atoms with E-state index in [4.69, 9.17) is 11.6 Å². The first kappa shape index (κ1) is 20.3. The zero-order chi connectivity index (χ0) is 20.2. The Kier molecular flexibility index (Phi) is 6.11. The lowest BCUT2D eigenvalue weighted by Crippen LogP contribution is -2.28. The van der Waals surface area contributed by atoms with Crippen LogP contribution in [0.4, 0.5) is 24.5 Å². The summed E-state index contributed by atoms with van der Waals surface area (Å²) in [5, 5.41) is 25.4. The van der Waals surface area contributed by atoms with Gasteiger partial charge in [0.05, 0.1) is 15.5 Å². The Morgan fingerprint density at radius 3 is 2.48 bits per heavy atom. The van der Waals surface area contributed by atoms with Gasteiger partial charge in [-0.3, -0.25) is 14.9 Å². The van der Waals surface area contributed by atoms with Crippen molar-refractivity contribution >= 4 is 28.9 Å². The molecule has 2 aromatic carbocycles. The third kappa shape index (κ3) is 5.23. The molecule has 1 amide bonds. The maximum absolute atomic E-state index is 12.7. The summed E-state index contributed by atoms with van der Waals surface area (Å²) in [4.78, 5) is 22.0. The van der Waals surface area contributed by atoms with E-state index < -0.39 is 28.3 Å². The second-order valence-corrected chi connectivity index (χ2v) is 5.74. The maximum atomic E-state index is 12.7. The van der Waals surface area contributed by atoms with E-state index in [1.54, 1.807) is 0 Å². The largest absolute Gasteiger partial charge is 0.506 e. The molecule has 0 saturated heterocycles. The average Bonchev–Trinajstić information content (AvgIpc) is 2.59. The zero-order valence-electron chi connectivity index (χ0n) is 13.5. The predicted molar refractivity (Wildman–Crippen MR) is 92.0 cm³/mol.